The normalized spacial score (nSPS) is 13.2. The van der Waals surface area contributed by atoms with Gasteiger partial charge in [-0.3, -0.25) is 13.9 Å². The van der Waals surface area contributed by atoms with E-state index >= 15 is 0 Å². The number of halogens is 1. The highest BCUT2D eigenvalue weighted by atomic mass is 32.2. The van der Waals surface area contributed by atoms with Crippen molar-refractivity contribution in [2.24, 2.45) is 0 Å². The lowest BCUT2D eigenvalue weighted by Crippen LogP contribution is -2.52. The topological polar surface area (TPSA) is 86.8 Å². The molecule has 0 saturated heterocycles. The smallest absolute Gasteiger partial charge is 0.244 e. The molecule has 9 heteroatoms. The summed E-state index contributed by atoms with van der Waals surface area (Å²) >= 11 is 0. The number of rotatable bonds is 10. The molecule has 0 aliphatic heterocycles. The molecule has 2 amide bonds. The van der Waals surface area contributed by atoms with Gasteiger partial charge in [-0.15, -0.1) is 0 Å². The molecule has 0 aliphatic carbocycles. The van der Waals surface area contributed by atoms with Crippen molar-refractivity contribution in [2.45, 2.75) is 45.8 Å². The van der Waals surface area contributed by atoms with E-state index < -0.39 is 34.3 Å². The highest BCUT2D eigenvalue weighted by Gasteiger charge is 2.30. The van der Waals surface area contributed by atoms with Gasteiger partial charge in [-0.05, 0) is 50.1 Å². The highest BCUT2D eigenvalue weighted by Crippen LogP contribution is 2.18. The van der Waals surface area contributed by atoms with Crippen molar-refractivity contribution < 1.29 is 22.4 Å². The van der Waals surface area contributed by atoms with Crippen LogP contribution in [0.25, 0.3) is 0 Å². The number of nitrogens with zero attached hydrogens (tertiary/aromatic N) is 2. The first-order chi connectivity index (χ1) is 15.0. The van der Waals surface area contributed by atoms with Crippen LogP contribution in [0.4, 0.5) is 10.1 Å². The summed E-state index contributed by atoms with van der Waals surface area (Å²) in [5, 5.41) is 2.85. The van der Waals surface area contributed by atoms with Gasteiger partial charge in [-0.1, -0.05) is 37.3 Å². The van der Waals surface area contributed by atoms with Gasteiger partial charge in [0.1, 0.15) is 18.4 Å². The molecule has 0 aromatic heterocycles. The van der Waals surface area contributed by atoms with Crippen LogP contribution in [0.1, 0.15) is 32.8 Å². The lowest BCUT2D eigenvalue weighted by Gasteiger charge is -2.32. The Morgan fingerprint density at radius 1 is 1.03 bits per heavy atom. The van der Waals surface area contributed by atoms with E-state index in [-0.39, 0.29) is 18.5 Å². The number of sulfonamides is 1. The summed E-state index contributed by atoms with van der Waals surface area (Å²) in [5.41, 5.74) is 0.968. The van der Waals surface area contributed by atoms with E-state index in [9.17, 15) is 22.4 Å². The van der Waals surface area contributed by atoms with E-state index in [4.69, 9.17) is 0 Å². The van der Waals surface area contributed by atoms with Gasteiger partial charge in [0.25, 0.3) is 0 Å². The predicted octanol–water partition coefficient (Wildman–Crippen LogP) is 2.92. The maximum atomic E-state index is 13.3. The Kier molecular flexibility index (Phi) is 8.77. The molecule has 32 heavy (non-hydrogen) atoms. The number of carbonyl (C=O) groups is 2. The van der Waals surface area contributed by atoms with E-state index in [0.717, 1.165) is 17.0 Å². The van der Waals surface area contributed by atoms with Crippen molar-refractivity contribution in [1.82, 2.24) is 10.2 Å². The molecule has 2 aromatic carbocycles. The molecule has 0 bridgehead atoms. The summed E-state index contributed by atoms with van der Waals surface area (Å²) in [7, 11) is -3.76. The van der Waals surface area contributed by atoms with Crippen molar-refractivity contribution in [3.8, 4) is 0 Å². The highest BCUT2D eigenvalue weighted by molar-refractivity contribution is 7.92. The summed E-state index contributed by atoms with van der Waals surface area (Å²) in [4.78, 5) is 27.4. The molecule has 2 aromatic rings. The first-order valence-corrected chi connectivity index (χ1v) is 12.2. The molecule has 0 fully saturated rings. The molecule has 0 spiro atoms. The molecule has 2 unspecified atom stereocenters. The summed E-state index contributed by atoms with van der Waals surface area (Å²) in [6.07, 6.45) is 1.75. The SMILES string of the molecule is CCC(C)NC(=O)C(C)N(Cc1ccc(F)cc1)C(=O)CN(c1ccccc1)S(C)(=O)=O. The van der Waals surface area contributed by atoms with E-state index in [2.05, 4.69) is 5.32 Å². The Morgan fingerprint density at radius 3 is 2.16 bits per heavy atom. The Balaban J connectivity index is 2.34. The number of hydrogen-bond acceptors (Lipinski definition) is 4. The standard InChI is InChI=1S/C23H30FN3O4S/c1-5-17(2)25-23(29)18(3)26(15-19-11-13-20(24)14-12-19)22(28)16-27(32(4,30)31)21-9-7-6-8-10-21/h6-14,17-18H,5,15-16H2,1-4H3,(H,25,29). The molecule has 2 rings (SSSR count). The summed E-state index contributed by atoms with van der Waals surface area (Å²) in [6, 6.07) is 12.9. The second-order valence-electron chi connectivity index (χ2n) is 7.75. The lowest BCUT2D eigenvalue weighted by atomic mass is 10.1. The van der Waals surface area contributed by atoms with Crippen LogP contribution in [0.2, 0.25) is 0 Å². The molecule has 1 N–H and O–H groups in total. The number of anilines is 1. The zero-order valence-electron chi connectivity index (χ0n) is 18.8. The third-order valence-corrected chi connectivity index (χ3v) is 6.30. The minimum absolute atomic E-state index is 0.0284. The average Bonchev–Trinajstić information content (AvgIpc) is 2.76. The average molecular weight is 464 g/mol. The zero-order valence-corrected chi connectivity index (χ0v) is 19.6. The fourth-order valence-electron chi connectivity index (χ4n) is 3.04. The van der Waals surface area contributed by atoms with Gasteiger partial charge < -0.3 is 10.2 Å². The van der Waals surface area contributed by atoms with Crippen molar-refractivity contribution >= 4 is 27.5 Å². The van der Waals surface area contributed by atoms with Gasteiger partial charge in [0.15, 0.2) is 0 Å². The Bertz CT molecular complexity index is 1010. The van der Waals surface area contributed by atoms with Crippen molar-refractivity contribution in [1.29, 1.82) is 0 Å². The van der Waals surface area contributed by atoms with Crippen LogP contribution in [0.15, 0.2) is 54.6 Å². The zero-order chi connectivity index (χ0) is 23.9. The van der Waals surface area contributed by atoms with Crippen molar-refractivity contribution in [3.05, 3.63) is 66.0 Å². The Hall–Kier alpha value is -2.94. The first-order valence-electron chi connectivity index (χ1n) is 10.4. The van der Waals surface area contributed by atoms with E-state index in [1.807, 2.05) is 13.8 Å². The number of benzene rings is 2. The van der Waals surface area contributed by atoms with Crippen LogP contribution in [0.3, 0.4) is 0 Å². The molecule has 174 valence electrons. The Morgan fingerprint density at radius 2 is 1.62 bits per heavy atom. The van der Waals surface area contributed by atoms with Crippen LogP contribution in [0.5, 0.6) is 0 Å². The second kappa shape index (κ2) is 11.1. The minimum atomic E-state index is -3.76. The molecule has 0 aliphatic rings. The lowest BCUT2D eigenvalue weighted by molar-refractivity contribution is -0.139. The molecule has 7 nitrogen and oxygen atoms in total. The van der Waals surface area contributed by atoms with Gasteiger partial charge in [0.2, 0.25) is 21.8 Å². The molecular weight excluding hydrogens is 433 g/mol. The van der Waals surface area contributed by atoms with Crippen LogP contribution < -0.4 is 9.62 Å². The molecule has 0 radical (unpaired) electrons. The van der Waals surface area contributed by atoms with Gasteiger partial charge in [-0.2, -0.15) is 0 Å². The van der Waals surface area contributed by atoms with Crippen molar-refractivity contribution in [3.63, 3.8) is 0 Å². The van der Waals surface area contributed by atoms with Crippen molar-refractivity contribution in [2.75, 3.05) is 17.1 Å². The van der Waals surface area contributed by atoms with E-state index in [1.165, 1.54) is 29.2 Å². The fourth-order valence-corrected chi connectivity index (χ4v) is 3.89. The van der Waals surface area contributed by atoms with Crippen LogP contribution in [0, 0.1) is 5.82 Å². The van der Waals surface area contributed by atoms with Gasteiger partial charge in [-0.25, -0.2) is 12.8 Å². The van der Waals surface area contributed by atoms with E-state index in [1.54, 1.807) is 37.3 Å². The van der Waals surface area contributed by atoms with Gasteiger partial charge in [0, 0.05) is 12.6 Å². The minimum Gasteiger partial charge on any atom is -0.352 e. The molecule has 2 atom stereocenters. The van der Waals surface area contributed by atoms with Gasteiger partial charge >= 0.3 is 0 Å². The number of nitrogens with one attached hydrogen (secondary N) is 1. The van der Waals surface area contributed by atoms with Gasteiger partial charge in [0.05, 0.1) is 11.9 Å². The predicted molar refractivity (Wildman–Crippen MR) is 123 cm³/mol. The number of carbonyl (C=O) groups excluding carboxylic acids is 2. The molecule has 0 heterocycles. The summed E-state index contributed by atoms with van der Waals surface area (Å²) < 4.78 is 39.1. The maximum absolute atomic E-state index is 13.3. The third kappa shape index (κ3) is 7.05. The monoisotopic (exact) mass is 463 g/mol. The quantitative estimate of drug-likeness (QED) is 0.587. The maximum Gasteiger partial charge on any atom is 0.244 e. The second-order valence-corrected chi connectivity index (χ2v) is 9.65. The first kappa shape index (κ1) is 25.3. The fraction of sp³-hybridized carbons (Fsp3) is 0.391. The molecular formula is C23H30FN3O4S. The Labute approximate surface area is 189 Å². The summed E-state index contributed by atoms with van der Waals surface area (Å²) in [5.74, 6) is -1.31. The van der Waals surface area contributed by atoms with Crippen LogP contribution >= 0.6 is 0 Å². The van der Waals surface area contributed by atoms with Crippen LogP contribution in [-0.4, -0.2) is 50.0 Å². The molecule has 0 saturated carbocycles. The van der Waals surface area contributed by atoms with Crippen LogP contribution in [-0.2, 0) is 26.2 Å². The number of hydrogen-bond donors (Lipinski definition) is 1. The number of amides is 2. The van der Waals surface area contributed by atoms with E-state index in [0.29, 0.717) is 11.3 Å². The number of para-hydroxylation sites is 1. The largest absolute Gasteiger partial charge is 0.352 e. The third-order valence-electron chi connectivity index (χ3n) is 5.16. The summed E-state index contributed by atoms with van der Waals surface area (Å²) in [6.45, 7) is 4.94.